The number of likely N-dealkylation sites (N-methyl/N-ethyl adjacent to an activating group) is 1. The van der Waals surface area contributed by atoms with Crippen molar-refractivity contribution in [1.82, 2.24) is 5.32 Å². The maximum Gasteiger partial charge on any atom is 0.146 e. The Morgan fingerprint density at radius 3 is 2.57 bits per heavy atom. The Labute approximate surface area is 84.7 Å². The second kappa shape index (κ2) is 4.96. The molecule has 1 aromatic carbocycles. The summed E-state index contributed by atoms with van der Waals surface area (Å²) >= 11 is 0. The lowest BCUT2D eigenvalue weighted by molar-refractivity contribution is 0.623. The maximum atomic E-state index is 13.5. The van der Waals surface area contributed by atoms with Crippen molar-refractivity contribution in [3.05, 3.63) is 29.6 Å². The fourth-order valence-corrected chi connectivity index (χ4v) is 1.34. The number of nitrogens with zero attached hydrogens (tertiary/aromatic N) is 1. The highest BCUT2D eigenvalue weighted by atomic mass is 19.1. The molecule has 0 fully saturated rings. The van der Waals surface area contributed by atoms with Crippen LogP contribution >= 0.6 is 0 Å². The first-order chi connectivity index (χ1) is 6.65. The second-order valence-corrected chi connectivity index (χ2v) is 3.53. The molecule has 2 nitrogen and oxygen atoms in total. The van der Waals surface area contributed by atoms with Gasteiger partial charge in [0.2, 0.25) is 0 Å². The van der Waals surface area contributed by atoms with Gasteiger partial charge in [-0.3, -0.25) is 0 Å². The molecule has 1 rings (SSSR count). The van der Waals surface area contributed by atoms with E-state index in [1.807, 2.05) is 33.3 Å². The van der Waals surface area contributed by atoms with Crippen LogP contribution in [-0.4, -0.2) is 27.7 Å². The first kappa shape index (κ1) is 11.0. The Balaban J connectivity index is 2.78. The van der Waals surface area contributed by atoms with Crippen LogP contribution in [0.2, 0.25) is 0 Å². The van der Waals surface area contributed by atoms with E-state index in [1.54, 1.807) is 11.0 Å². The molecule has 1 N–H and O–H groups in total. The summed E-state index contributed by atoms with van der Waals surface area (Å²) in [5, 5.41) is 3.04. The van der Waals surface area contributed by atoms with Crippen molar-refractivity contribution in [2.75, 3.05) is 32.6 Å². The van der Waals surface area contributed by atoms with Crippen LogP contribution in [-0.2, 0) is 6.42 Å². The molecule has 0 heterocycles. The van der Waals surface area contributed by atoms with Gasteiger partial charge in [0.25, 0.3) is 0 Å². The second-order valence-electron chi connectivity index (χ2n) is 3.53. The van der Waals surface area contributed by atoms with Gasteiger partial charge in [-0.2, -0.15) is 0 Å². The van der Waals surface area contributed by atoms with Gasteiger partial charge in [-0.05, 0) is 37.7 Å². The molecule has 0 amide bonds. The highest BCUT2D eigenvalue weighted by Crippen LogP contribution is 2.18. The van der Waals surface area contributed by atoms with Gasteiger partial charge in [0.1, 0.15) is 5.82 Å². The Morgan fingerprint density at radius 2 is 2.07 bits per heavy atom. The Kier molecular flexibility index (Phi) is 3.89. The van der Waals surface area contributed by atoms with Crippen LogP contribution < -0.4 is 10.2 Å². The van der Waals surface area contributed by atoms with Crippen molar-refractivity contribution in [2.24, 2.45) is 0 Å². The lowest BCUT2D eigenvalue weighted by Crippen LogP contribution is -2.12. The van der Waals surface area contributed by atoms with Crippen molar-refractivity contribution < 1.29 is 4.39 Å². The molecule has 14 heavy (non-hydrogen) atoms. The molecule has 0 aromatic heterocycles. The summed E-state index contributed by atoms with van der Waals surface area (Å²) in [7, 11) is 5.57. The van der Waals surface area contributed by atoms with Gasteiger partial charge in [0, 0.05) is 14.1 Å². The Hall–Kier alpha value is -1.09. The van der Waals surface area contributed by atoms with E-state index in [9.17, 15) is 4.39 Å². The molecule has 0 saturated carbocycles. The largest absolute Gasteiger partial charge is 0.375 e. The van der Waals surface area contributed by atoms with Gasteiger partial charge < -0.3 is 10.2 Å². The van der Waals surface area contributed by atoms with Gasteiger partial charge in [0.15, 0.2) is 0 Å². The van der Waals surface area contributed by atoms with Crippen LogP contribution in [0.4, 0.5) is 10.1 Å². The van der Waals surface area contributed by atoms with Crippen LogP contribution in [0.25, 0.3) is 0 Å². The van der Waals surface area contributed by atoms with Crippen LogP contribution in [0.3, 0.4) is 0 Å². The summed E-state index contributed by atoms with van der Waals surface area (Å²) in [6.07, 6.45) is 0.862. The Morgan fingerprint density at radius 1 is 1.36 bits per heavy atom. The fraction of sp³-hybridized carbons (Fsp3) is 0.455. The summed E-state index contributed by atoms with van der Waals surface area (Å²) in [5.41, 5.74) is 1.67. The molecule has 0 bridgehead atoms. The van der Waals surface area contributed by atoms with Crippen LogP contribution in [0.5, 0.6) is 0 Å². The van der Waals surface area contributed by atoms with Gasteiger partial charge in [-0.25, -0.2) is 4.39 Å². The SMILES string of the molecule is CNCCc1ccc(N(C)C)c(F)c1. The third kappa shape index (κ3) is 2.70. The quantitative estimate of drug-likeness (QED) is 0.787. The van der Waals surface area contributed by atoms with Crippen molar-refractivity contribution in [3.8, 4) is 0 Å². The van der Waals surface area contributed by atoms with E-state index in [0.29, 0.717) is 5.69 Å². The van der Waals surface area contributed by atoms with Crippen LogP contribution in [0.15, 0.2) is 18.2 Å². The van der Waals surface area contributed by atoms with Crippen molar-refractivity contribution in [3.63, 3.8) is 0 Å². The Bertz CT molecular complexity index is 297. The molecule has 0 aliphatic heterocycles. The lowest BCUT2D eigenvalue weighted by atomic mass is 10.1. The highest BCUT2D eigenvalue weighted by molar-refractivity contribution is 5.47. The van der Waals surface area contributed by atoms with Gasteiger partial charge in [-0.15, -0.1) is 0 Å². The smallest absolute Gasteiger partial charge is 0.146 e. The van der Waals surface area contributed by atoms with E-state index in [0.717, 1.165) is 18.5 Å². The highest BCUT2D eigenvalue weighted by Gasteiger charge is 2.04. The van der Waals surface area contributed by atoms with Gasteiger partial charge >= 0.3 is 0 Å². The minimum Gasteiger partial charge on any atom is -0.375 e. The predicted octanol–water partition coefficient (Wildman–Crippen LogP) is 1.65. The number of benzene rings is 1. The fourth-order valence-electron chi connectivity index (χ4n) is 1.34. The van der Waals surface area contributed by atoms with Crippen molar-refractivity contribution in [2.45, 2.75) is 6.42 Å². The first-order valence-electron chi connectivity index (χ1n) is 4.75. The number of halogens is 1. The van der Waals surface area contributed by atoms with E-state index in [1.165, 1.54) is 0 Å². The van der Waals surface area contributed by atoms with Gasteiger partial charge in [0.05, 0.1) is 5.69 Å². The maximum absolute atomic E-state index is 13.5. The molecule has 0 aliphatic carbocycles. The molecular weight excluding hydrogens is 179 g/mol. The number of hydrogen-bond donors (Lipinski definition) is 1. The monoisotopic (exact) mass is 196 g/mol. The van der Waals surface area contributed by atoms with Crippen LogP contribution in [0, 0.1) is 5.82 Å². The molecule has 0 atom stereocenters. The van der Waals surface area contributed by atoms with E-state index >= 15 is 0 Å². The van der Waals surface area contributed by atoms with Gasteiger partial charge in [-0.1, -0.05) is 6.07 Å². The summed E-state index contributed by atoms with van der Waals surface area (Å²) in [6.45, 7) is 0.876. The van der Waals surface area contributed by atoms with Crippen LogP contribution in [0.1, 0.15) is 5.56 Å². The molecule has 1 aromatic rings. The van der Waals surface area contributed by atoms with E-state index in [4.69, 9.17) is 0 Å². The van der Waals surface area contributed by atoms with E-state index < -0.39 is 0 Å². The predicted molar refractivity (Wildman–Crippen MR) is 58.4 cm³/mol. The number of hydrogen-bond acceptors (Lipinski definition) is 2. The zero-order chi connectivity index (χ0) is 10.6. The van der Waals surface area contributed by atoms with E-state index in [2.05, 4.69) is 5.32 Å². The summed E-state index contributed by atoms with van der Waals surface area (Å²) in [6, 6.07) is 5.39. The molecule has 0 radical (unpaired) electrons. The number of anilines is 1. The topological polar surface area (TPSA) is 15.3 Å². The summed E-state index contributed by atoms with van der Waals surface area (Å²) < 4.78 is 13.5. The molecular formula is C11H17FN2. The standard InChI is InChI=1S/C11H17FN2/c1-13-7-6-9-4-5-11(14(2)3)10(12)8-9/h4-5,8,13H,6-7H2,1-3H3. The average molecular weight is 196 g/mol. The average Bonchev–Trinajstić information content (AvgIpc) is 2.14. The van der Waals surface area contributed by atoms with E-state index in [-0.39, 0.29) is 5.82 Å². The number of nitrogens with one attached hydrogen (secondary N) is 1. The summed E-state index contributed by atoms with van der Waals surface area (Å²) in [5.74, 6) is -0.149. The van der Waals surface area contributed by atoms with Crippen molar-refractivity contribution >= 4 is 5.69 Å². The molecule has 78 valence electrons. The minimum atomic E-state index is -0.149. The molecule has 0 unspecified atom stereocenters. The first-order valence-corrected chi connectivity index (χ1v) is 4.75. The molecule has 0 aliphatic rings. The number of rotatable bonds is 4. The molecule has 0 spiro atoms. The normalized spacial score (nSPS) is 10.3. The van der Waals surface area contributed by atoms with Crippen molar-refractivity contribution in [1.29, 1.82) is 0 Å². The zero-order valence-electron chi connectivity index (χ0n) is 8.97. The molecule has 0 saturated heterocycles. The lowest BCUT2D eigenvalue weighted by Gasteiger charge is -2.14. The summed E-state index contributed by atoms with van der Waals surface area (Å²) in [4.78, 5) is 1.77. The zero-order valence-corrected chi connectivity index (χ0v) is 8.97. The third-order valence-electron chi connectivity index (χ3n) is 2.16. The molecule has 3 heteroatoms. The minimum absolute atomic E-state index is 0.149. The third-order valence-corrected chi connectivity index (χ3v) is 2.16.